The van der Waals surface area contributed by atoms with Gasteiger partial charge in [-0.3, -0.25) is 0 Å². The van der Waals surface area contributed by atoms with E-state index >= 15 is 0 Å². The van der Waals surface area contributed by atoms with Gasteiger partial charge in [0, 0.05) is 22.6 Å². The lowest BCUT2D eigenvalue weighted by Gasteiger charge is -2.04. The second kappa shape index (κ2) is 4.72. The van der Waals surface area contributed by atoms with Crippen molar-refractivity contribution in [3.8, 4) is 17.2 Å². The van der Waals surface area contributed by atoms with E-state index in [2.05, 4.69) is 0 Å². The summed E-state index contributed by atoms with van der Waals surface area (Å²) in [7, 11) is 0. The lowest BCUT2D eigenvalue weighted by molar-refractivity contribution is 0.368. The largest absolute Gasteiger partial charge is 0.504 e. The fraction of sp³-hybridized carbons (Fsp3) is 0.0667. The molecule has 0 radical (unpaired) electrons. The Bertz CT molecular complexity index is 725. The molecule has 3 rings (SSSR count). The zero-order chi connectivity index (χ0) is 14.3. The maximum absolute atomic E-state index is 13.7. The zero-order valence-electron chi connectivity index (χ0n) is 10.2. The van der Waals surface area contributed by atoms with Gasteiger partial charge in [-0.2, -0.15) is 0 Å². The van der Waals surface area contributed by atoms with Gasteiger partial charge in [-0.25, -0.2) is 4.39 Å². The van der Waals surface area contributed by atoms with Gasteiger partial charge in [-0.15, -0.1) is 0 Å². The minimum Gasteiger partial charge on any atom is -0.504 e. The van der Waals surface area contributed by atoms with Crippen molar-refractivity contribution in [3.05, 3.63) is 58.1 Å². The van der Waals surface area contributed by atoms with E-state index in [0.717, 1.165) is 5.56 Å². The molecule has 3 nitrogen and oxygen atoms in total. The van der Waals surface area contributed by atoms with Crippen molar-refractivity contribution in [2.24, 2.45) is 0 Å². The molecule has 2 aromatic rings. The van der Waals surface area contributed by atoms with E-state index in [4.69, 9.17) is 16.3 Å². The molecule has 0 amide bonds. The first kappa shape index (κ1) is 12.8. The summed E-state index contributed by atoms with van der Waals surface area (Å²) in [4.78, 5) is 0. The SMILES string of the molecule is Oc1ccc2c(c1O)OC(=Cc1ccc(Cl)cc1F)C2. The van der Waals surface area contributed by atoms with Gasteiger partial charge in [-0.05, 0) is 24.3 Å². The number of ether oxygens (including phenoxy) is 1. The van der Waals surface area contributed by atoms with Gasteiger partial charge in [-0.1, -0.05) is 23.7 Å². The number of phenols is 2. The molecule has 0 fully saturated rings. The number of benzene rings is 2. The molecular formula is C15H10ClFO3. The average Bonchev–Trinajstić information content (AvgIpc) is 2.81. The molecule has 5 heteroatoms. The van der Waals surface area contributed by atoms with Crippen LogP contribution in [0.25, 0.3) is 6.08 Å². The highest BCUT2D eigenvalue weighted by Crippen LogP contribution is 2.44. The van der Waals surface area contributed by atoms with E-state index in [1.165, 1.54) is 12.1 Å². The number of allylic oxidation sites excluding steroid dienone is 1. The Labute approximate surface area is 119 Å². The summed E-state index contributed by atoms with van der Waals surface area (Å²) in [6.07, 6.45) is 1.97. The molecule has 1 aliphatic rings. The summed E-state index contributed by atoms with van der Waals surface area (Å²) in [6, 6.07) is 7.41. The third-order valence-corrected chi connectivity index (χ3v) is 3.30. The Morgan fingerprint density at radius 1 is 1.20 bits per heavy atom. The van der Waals surface area contributed by atoms with E-state index in [1.54, 1.807) is 24.3 Å². The van der Waals surface area contributed by atoms with Crippen LogP contribution in [0.5, 0.6) is 17.2 Å². The van der Waals surface area contributed by atoms with Crippen LogP contribution in [0.1, 0.15) is 11.1 Å². The van der Waals surface area contributed by atoms with Gasteiger partial charge in [0.25, 0.3) is 0 Å². The van der Waals surface area contributed by atoms with E-state index in [9.17, 15) is 14.6 Å². The normalized spacial score (nSPS) is 15.2. The first-order valence-corrected chi connectivity index (χ1v) is 6.29. The molecule has 0 spiro atoms. The molecular weight excluding hydrogens is 283 g/mol. The second-order valence-corrected chi connectivity index (χ2v) is 4.91. The van der Waals surface area contributed by atoms with Crippen molar-refractivity contribution in [2.45, 2.75) is 6.42 Å². The summed E-state index contributed by atoms with van der Waals surface area (Å²) in [6.45, 7) is 0. The molecule has 0 saturated carbocycles. The number of phenolic OH excluding ortho intramolecular Hbond substituents is 2. The van der Waals surface area contributed by atoms with Crippen LogP contribution in [-0.4, -0.2) is 10.2 Å². The Balaban J connectivity index is 1.95. The summed E-state index contributed by atoms with van der Waals surface area (Å²) in [5.41, 5.74) is 1.09. The smallest absolute Gasteiger partial charge is 0.201 e. The third-order valence-electron chi connectivity index (χ3n) is 3.07. The molecule has 2 aromatic carbocycles. The molecule has 0 saturated heterocycles. The fourth-order valence-corrected chi connectivity index (χ4v) is 2.24. The average molecular weight is 293 g/mol. The van der Waals surface area contributed by atoms with Crippen LogP contribution in [0.3, 0.4) is 0 Å². The molecule has 1 heterocycles. The van der Waals surface area contributed by atoms with Gasteiger partial charge < -0.3 is 14.9 Å². The van der Waals surface area contributed by atoms with Gasteiger partial charge in [0.15, 0.2) is 11.5 Å². The minimum atomic E-state index is -0.448. The van der Waals surface area contributed by atoms with Crippen molar-refractivity contribution in [3.63, 3.8) is 0 Å². The quantitative estimate of drug-likeness (QED) is 0.785. The Hall–Kier alpha value is -2.20. The van der Waals surface area contributed by atoms with Crippen LogP contribution >= 0.6 is 11.6 Å². The first-order valence-electron chi connectivity index (χ1n) is 5.92. The van der Waals surface area contributed by atoms with Crippen LogP contribution in [-0.2, 0) is 6.42 Å². The summed E-state index contributed by atoms with van der Waals surface area (Å²) >= 11 is 5.69. The van der Waals surface area contributed by atoms with Gasteiger partial charge in [0.1, 0.15) is 11.6 Å². The van der Waals surface area contributed by atoms with E-state index in [0.29, 0.717) is 22.8 Å². The summed E-state index contributed by atoms with van der Waals surface area (Å²) in [5, 5.41) is 19.4. The molecule has 0 atom stereocenters. The van der Waals surface area contributed by atoms with Crippen LogP contribution in [0.15, 0.2) is 36.1 Å². The fourth-order valence-electron chi connectivity index (χ4n) is 2.08. The number of rotatable bonds is 1. The molecule has 0 unspecified atom stereocenters. The maximum atomic E-state index is 13.7. The predicted molar refractivity (Wildman–Crippen MR) is 73.5 cm³/mol. The van der Waals surface area contributed by atoms with Gasteiger partial charge in [0.05, 0.1) is 0 Å². The van der Waals surface area contributed by atoms with E-state index in [1.807, 2.05) is 0 Å². The number of aromatic hydroxyl groups is 2. The number of fused-ring (bicyclic) bond motifs is 1. The standard InChI is InChI=1S/C15H10ClFO3/c16-10-3-1-8(12(17)7-10)5-11-6-9-2-4-13(18)14(19)15(9)20-11/h1-5,7,18-19H,6H2. The minimum absolute atomic E-state index is 0.214. The zero-order valence-corrected chi connectivity index (χ0v) is 11.0. The lowest BCUT2D eigenvalue weighted by atomic mass is 10.1. The number of halogens is 2. The Morgan fingerprint density at radius 3 is 2.75 bits per heavy atom. The molecule has 1 aliphatic heterocycles. The third kappa shape index (κ3) is 2.18. The van der Waals surface area contributed by atoms with Crippen molar-refractivity contribution in [1.82, 2.24) is 0 Å². The van der Waals surface area contributed by atoms with Crippen molar-refractivity contribution < 1.29 is 19.3 Å². The first-order chi connectivity index (χ1) is 9.54. The van der Waals surface area contributed by atoms with Crippen molar-refractivity contribution >= 4 is 17.7 Å². The maximum Gasteiger partial charge on any atom is 0.201 e. The Kier molecular flexibility index (Phi) is 3.03. The number of hydrogen-bond donors (Lipinski definition) is 2. The van der Waals surface area contributed by atoms with Gasteiger partial charge in [0.2, 0.25) is 5.75 Å². The van der Waals surface area contributed by atoms with E-state index in [-0.39, 0.29) is 17.2 Å². The lowest BCUT2D eigenvalue weighted by Crippen LogP contribution is -1.90. The van der Waals surface area contributed by atoms with Crippen LogP contribution in [0.2, 0.25) is 5.02 Å². The molecule has 0 aliphatic carbocycles. The molecule has 102 valence electrons. The van der Waals surface area contributed by atoms with Crippen LogP contribution < -0.4 is 4.74 Å². The molecule has 0 bridgehead atoms. The van der Waals surface area contributed by atoms with Crippen LogP contribution in [0.4, 0.5) is 4.39 Å². The van der Waals surface area contributed by atoms with Crippen LogP contribution in [0, 0.1) is 5.82 Å². The molecule has 20 heavy (non-hydrogen) atoms. The number of hydrogen-bond acceptors (Lipinski definition) is 3. The van der Waals surface area contributed by atoms with Crippen molar-refractivity contribution in [2.75, 3.05) is 0 Å². The highest BCUT2D eigenvalue weighted by Gasteiger charge is 2.23. The predicted octanol–water partition coefficient (Wildman–Crippen LogP) is 3.87. The molecule has 0 aromatic heterocycles. The second-order valence-electron chi connectivity index (χ2n) is 4.48. The molecule has 2 N–H and O–H groups in total. The van der Waals surface area contributed by atoms with E-state index < -0.39 is 5.82 Å². The Morgan fingerprint density at radius 2 is 2.00 bits per heavy atom. The van der Waals surface area contributed by atoms with Crippen molar-refractivity contribution in [1.29, 1.82) is 0 Å². The highest BCUT2D eigenvalue weighted by atomic mass is 35.5. The topological polar surface area (TPSA) is 49.7 Å². The summed E-state index contributed by atoms with van der Waals surface area (Å²) < 4.78 is 19.2. The summed E-state index contributed by atoms with van der Waals surface area (Å²) in [5.74, 6) is -0.297. The highest BCUT2D eigenvalue weighted by molar-refractivity contribution is 6.30. The van der Waals surface area contributed by atoms with Gasteiger partial charge >= 0.3 is 0 Å². The monoisotopic (exact) mass is 292 g/mol.